The second kappa shape index (κ2) is 5.57. The van der Waals surface area contributed by atoms with Crippen LogP contribution >= 0.6 is 11.8 Å². The Morgan fingerprint density at radius 3 is 2.44 bits per heavy atom. The molecular formula is C11H11F4S. The van der Waals surface area contributed by atoms with E-state index in [1.807, 2.05) is 0 Å². The summed E-state index contributed by atoms with van der Waals surface area (Å²) < 4.78 is 49.3. The number of unbranched alkanes of at least 4 members (excludes halogenated alkanes) is 1. The molecule has 89 valence electrons. The summed E-state index contributed by atoms with van der Waals surface area (Å²) in [4.78, 5) is -0.105. The third-order valence-corrected chi connectivity index (χ3v) is 2.58. The Bertz CT molecular complexity index is 346. The molecule has 1 rings (SSSR count). The summed E-state index contributed by atoms with van der Waals surface area (Å²) in [6.07, 6.45) is 1.96. The molecular weight excluding hydrogens is 240 g/mol. The molecule has 1 aromatic rings. The largest absolute Gasteiger partial charge is 0.446 e. The molecule has 0 N–H and O–H groups in total. The molecule has 0 bridgehead atoms. The Balaban J connectivity index is 2.81. The fourth-order valence-electron chi connectivity index (χ4n) is 1.29. The van der Waals surface area contributed by atoms with Gasteiger partial charge in [-0.25, -0.2) is 4.39 Å². The molecule has 1 aromatic carbocycles. The first-order valence-corrected chi connectivity index (χ1v) is 5.57. The third kappa shape index (κ3) is 4.88. The highest BCUT2D eigenvalue weighted by molar-refractivity contribution is 8.00. The van der Waals surface area contributed by atoms with Crippen molar-refractivity contribution < 1.29 is 17.6 Å². The Hall–Kier alpha value is -0.710. The molecule has 0 spiro atoms. The minimum absolute atomic E-state index is 0.105. The maximum Gasteiger partial charge on any atom is 0.446 e. The second-order valence-electron chi connectivity index (χ2n) is 3.30. The van der Waals surface area contributed by atoms with Gasteiger partial charge in [-0.05, 0) is 48.4 Å². The van der Waals surface area contributed by atoms with Crippen molar-refractivity contribution >= 4 is 11.8 Å². The number of hydrogen-bond donors (Lipinski definition) is 0. The molecule has 0 fully saturated rings. The van der Waals surface area contributed by atoms with Crippen molar-refractivity contribution in [1.82, 2.24) is 0 Å². The van der Waals surface area contributed by atoms with Gasteiger partial charge in [0.2, 0.25) is 0 Å². The van der Waals surface area contributed by atoms with Crippen molar-refractivity contribution in [2.45, 2.75) is 29.7 Å². The molecule has 1 radical (unpaired) electrons. The highest BCUT2D eigenvalue weighted by Gasteiger charge is 2.29. The highest BCUT2D eigenvalue weighted by atomic mass is 32.2. The second-order valence-corrected chi connectivity index (χ2v) is 4.44. The van der Waals surface area contributed by atoms with Crippen molar-refractivity contribution in [1.29, 1.82) is 0 Å². The lowest BCUT2D eigenvalue weighted by atomic mass is 10.1. The van der Waals surface area contributed by atoms with E-state index in [4.69, 9.17) is 0 Å². The molecule has 0 saturated heterocycles. The quantitative estimate of drug-likeness (QED) is 0.557. The van der Waals surface area contributed by atoms with E-state index >= 15 is 0 Å². The first-order chi connectivity index (χ1) is 7.40. The van der Waals surface area contributed by atoms with Gasteiger partial charge < -0.3 is 0 Å². The predicted molar refractivity (Wildman–Crippen MR) is 56.6 cm³/mol. The van der Waals surface area contributed by atoms with Gasteiger partial charge >= 0.3 is 5.51 Å². The number of halogens is 4. The fraction of sp³-hybridized carbons (Fsp3) is 0.364. The van der Waals surface area contributed by atoms with Gasteiger partial charge in [-0.2, -0.15) is 13.2 Å². The van der Waals surface area contributed by atoms with Crippen molar-refractivity contribution in [2.75, 3.05) is 0 Å². The molecule has 0 saturated carbocycles. The molecule has 0 aliphatic heterocycles. The summed E-state index contributed by atoms with van der Waals surface area (Å²) in [6.45, 7) is 3.63. The molecule has 0 nitrogen and oxygen atoms in total. The molecule has 0 heterocycles. The lowest BCUT2D eigenvalue weighted by Gasteiger charge is -2.07. The van der Waals surface area contributed by atoms with Crippen LogP contribution in [0.3, 0.4) is 0 Å². The van der Waals surface area contributed by atoms with Crippen LogP contribution in [-0.2, 0) is 6.42 Å². The average Bonchev–Trinajstić information content (AvgIpc) is 2.10. The van der Waals surface area contributed by atoms with Crippen LogP contribution < -0.4 is 0 Å². The van der Waals surface area contributed by atoms with Gasteiger partial charge in [0.15, 0.2) is 0 Å². The molecule has 16 heavy (non-hydrogen) atoms. The van der Waals surface area contributed by atoms with Gasteiger partial charge in [-0.1, -0.05) is 13.3 Å². The number of hydrogen-bond acceptors (Lipinski definition) is 1. The Kier molecular flexibility index (Phi) is 4.65. The molecule has 0 aliphatic carbocycles. The van der Waals surface area contributed by atoms with Crippen molar-refractivity contribution in [3.05, 3.63) is 36.5 Å². The monoisotopic (exact) mass is 251 g/mol. The molecule has 0 aliphatic rings. The number of benzene rings is 1. The third-order valence-electron chi connectivity index (χ3n) is 1.88. The molecule has 0 amide bonds. The minimum atomic E-state index is -4.38. The minimum Gasteiger partial charge on any atom is -0.207 e. The molecule has 0 aromatic heterocycles. The van der Waals surface area contributed by atoms with E-state index in [2.05, 4.69) is 6.92 Å². The summed E-state index contributed by atoms with van der Waals surface area (Å²) in [5.74, 6) is -0.631. The van der Waals surface area contributed by atoms with Gasteiger partial charge in [0, 0.05) is 4.90 Å². The van der Waals surface area contributed by atoms with Gasteiger partial charge in [0.1, 0.15) is 5.82 Å². The zero-order chi connectivity index (χ0) is 12.2. The Labute approximate surface area is 96.0 Å². The van der Waals surface area contributed by atoms with Crippen LogP contribution in [0, 0.1) is 12.7 Å². The first kappa shape index (κ1) is 13.4. The lowest BCUT2D eigenvalue weighted by molar-refractivity contribution is -0.0328. The SMILES string of the molecule is [CH2]CCCc1cc(F)cc(SC(F)(F)F)c1. The van der Waals surface area contributed by atoms with Crippen LogP contribution in [0.5, 0.6) is 0 Å². The van der Waals surface area contributed by atoms with Crippen LogP contribution in [0.25, 0.3) is 0 Å². The number of thioether (sulfide) groups is 1. The number of alkyl halides is 3. The van der Waals surface area contributed by atoms with E-state index in [0.29, 0.717) is 18.4 Å². The van der Waals surface area contributed by atoms with Crippen LogP contribution in [0.15, 0.2) is 23.1 Å². The topological polar surface area (TPSA) is 0 Å². The lowest BCUT2D eigenvalue weighted by Crippen LogP contribution is -2.00. The summed E-state index contributed by atoms with van der Waals surface area (Å²) in [5.41, 5.74) is -3.80. The average molecular weight is 251 g/mol. The van der Waals surface area contributed by atoms with Crippen molar-refractivity contribution in [3.8, 4) is 0 Å². The number of rotatable bonds is 4. The molecule has 5 heteroatoms. The standard InChI is InChI=1S/C11H11F4S/c1-2-3-4-8-5-9(12)7-10(6-8)16-11(13,14)15/h5-7H,1-4H2. The van der Waals surface area contributed by atoms with Gasteiger partial charge in [-0.3, -0.25) is 0 Å². The summed E-state index contributed by atoms with van der Waals surface area (Å²) in [6, 6.07) is 3.53. The Morgan fingerprint density at radius 2 is 1.88 bits per heavy atom. The van der Waals surface area contributed by atoms with E-state index in [0.717, 1.165) is 12.5 Å². The van der Waals surface area contributed by atoms with E-state index in [9.17, 15) is 17.6 Å². The summed E-state index contributed by atoms with van der Waals surface area (Å²) in [7, 11) is 0. The predicted octanol–water partition coefficient (Wildman–Crippen LogP) is 4.59. The van der Waals surface area contributed by atoms with E-state index < -0.39 is 11.3 Å². The van der Waals surface area contributed by atoms with Gasteiger partial charge in [-0.15, -0.1) is 0 Å². The normalized spacial score (nSPS) is 11.8. The van der Waals surface area contributed by atoms with Crippen molar-refractivity contribution in [2.24, 2.45) is 0 Å². The van der Waals surface area contributed by atoms with Gasteiger partial charge in [0.05, 0.1) is 0 Å². The van der Waals surface area contributed by atoms with E-state index in [1.165, 1.54) is 12.1 Å². The van der Waals surface area contributed by atoms with Crippen molar-refractivity contribution in [3.63, 3.8) is 0 Å². The highest BCUT2D eigenvalue weighted by Crippen LogP contribution is 2.37. The first-order valence-electron chi connectivity index (χ1n) is 4.75. The van der Waals surface area contributed by atoms with Crippen LogP contribution in [0.4, 0.5) is 17.6 Å². The van der Waals surface area contributed by atoms with Crippen LogP contribution in [0.1, 0.15) is 18.4 Å². The van der Waals surface area contributed by atoms with E-state index in [-0.39, 0.29) is 16.7 Å². The van der Waals surface area contributed by atoms with Crippen LogP contribution in [-0.4, -0.2) is 5.51 Å². The summed E-state index contributed by atoms with van der Waals surface area (Å²) in [5, 5.41) is 0. The van der Waals surface area contributed by atoms with Crippen LogP contribution in [0.2, 0.25) is 0 Å². The zero-order valence-electron chi connectivity index (χ0n) is 8.48. The van der Waals surface area contributed by atoms with Gasteiger partial charge in [0.25, 0.3) is 0 Å². The maximum absolute atomic E-state index is 13.0. The number of aryl methyl sites for hydroxylation is 1. The summed E-state index contributed by atoms with van der Waals surface area (Å²) >= 11 is -0.293. The zero-order valence-corrected chi connectivity index (χ0v) is 9.30. The maximum atomic E-state index is 13.0. The smallest absolute Gasteiger partial charge is 0.207 e. The van der Waals surface area contributed by atoms with E-state index in [1.54, 1.807) is 0 Å². The Morgan fingerprint density at radius 1 is 1.19 bits per heavy atom. The molecule has 0 unspecified atom stereocenters. The molecule has 0 atom stereocenters. The fourth-order valence-corrected chi connectivity index (χ4v) is 1.94.